The van der Waals surface area contributed by atoms with Crippen molar-refractivity contribution in [3.63, 3.8) is 0 Å². The monoisotopic (exact) mass is 555 g/mol. The van der Waals surface area contributed by atoms with Crippen molar-refractivity contribution in [2.45, 2.75) is 51.6 Å². The summed E-state index contributed by atoms with van der Waals surface area (Å²) in [5.41, 5.74) is 2.79. The zero-order valence-corrected chi connectivity index (χ0v) is 23.7. The fourth-order valence-corrected chi connectivity index (χ4v) is 6.04. The second-order valence-electron chi connectivity index (χ2n) is 9.02. The number of carbonyl (C=O) groups excluding carboxylic acids is 2. The minimum absolute atomic E-state index is 0.0587. The van der Waals surface area contributed by atoms with Gasteiger partial charge >= 0.3 is 0 Å². The molecule has 0 aliphatic carbocycles. The average molecular weight is 556 g/mol. The van der Waals surface area contributed by atoms with E-state index in [4.69, 9.17) is 11.6 Å². The molecule has 0 aliphatic heterocycles. The minimum atomic E-state index is -4.12. The standard InChI is InChI=1S/C29H34ClN3O4S/c1-5-26(29(35)31-6-2)32(19-23-13-11-10-12-21(23)3)28(34)20-33(27-17-16-24(30)18-22(27)4)38(36,37)25-14-8-7-9-15-25/h7-18,26H,5-6,19-20H2,1-4H3,(H,31,35)/t26-/m0/s1. The fourth-order valence-electron chi connectivity index (χ4n) is 4.31. The minimum Gasteiger partial charge on any atom is -0.355 e. The molecular weight excluding hydrogens is 522 g/mol. The van der Waals surface area contributed by atoms with Crippen LogP contribution in [-0.4, -0.2) is 44.3 Å². The lowest BCUT2D eigenvalue weighted by atomic mass is 10.1. The molecule has 2 amide bonds. The smallest absolute Gasteiger partial charge is 0.264 e. The van der Waals surface area contributed by atoms with Crippen LogP contribution in [-0.2, 0) is 26.2 Å². The van der Waals surface area contributed by atoms with Gasteiger partial charge in [-0.05, 0) is 74.2 Å². The summed E-state index contributed by atoms with van der Waals surface area (Å²) in [5, 5.41) is 3.27. The lowest BCUT2D eigenvalue weighted by molar-refractivity contribution is -0.140. The Morgan fingerprint density at radius 2 is 1.58 bits per heavy atom. The third-order valence-electron chi connectivity index (χ3n) is 6.38. The van der Waals surface area contributed by atoms with Crippen LogP contribution in [0.25, 0.3) is 0 Å². The predicted octanol–water partition coefficient (Wildman–Crippen LogP) is 5.10. The summed E-state index contributed by atoms with van der Waals surface area (Å²) in [6.45, 7) is 7.43. The number of nitrogens with one attached hydrogen (secondary N) is 1. The van der Waals surface area contributed by atoms with E-state index in [0.717, 1.165) is 15.4 Å². The number of carbonyl (C=O) groups is 2. The molecule has 38 heavy (non-hydrogen) atoms. The van der Waals surface area contributed by atoms with Gasteiger partial charge in [-0.1, -0.05) is 61.0 Å². The predicted molar refractivity (Wildman–Crippen MR) is 152 cm³/mol. The Hall–Kier alpha value is -3.36. The summed E-state index contributed by atoms with van der Waals surface area (Å²) < 4.78 is 28.8. The number of sulfonamides is 1. The zero-order chi connectivity index (χ0) is 27.9. The molecule has 0 saturated carbocycles. The van der Waals surface area contributed by atoms with Gasteiger partial charge in [0.1, 0.15) is 12.6 Å². The topological polar surface area (TPSA) is 86.8 Å². The van der Waals surface area contributed by atoms with Crippen LogP contribution in [0.5, 0.6) is 0 Å². The largest absolute Gasteiger partial charge is 0.355 e. The van der Waals surface area contributed by atoms with Crippen molar-refractivity contribution in [2.75, 3.05) is 17.4 Å². The van der Waals surface area contributed by atoms with Crippen LogP contribution in [0.1, 0.15) is 37.0 Å². The summed E-state index contributed by atoms with van der Waals surface area (Å²) >= 11 is 6.15. The van der Waals surface area contributed by atoms with Gasteiger partial charge in [-0.25, -0.2) is 8.42 Å². The number of amides is 2. The van der Waals surface area contributed by atoms with Crippen LogP contribution < -0.4 is 9.62 Å². The van der Waals surface area contributed by atoms with E-state index in [2.05, 4.69) is 5.32 Å². The van der Waals surface area contributed by atoms with Crippen LogP contribution in [0.2, 0.25) is 5.02 Å². The van der Waals surface area contributed by atoms with Crippen molar-refractivity contribution in [1.82, 2.24) is 10.2 Å². The van der Waals surface area contributed by atoms with Crippen LogP contribution in [0.3, 0.4) is 0 Å². The molecule has 0 fully saturated rings. The molecule has 0 saturated heterocycles. The van der Waals surface area contributed by atoms with Crippen LogP contribution in [0.4, 0.5) is 5.69 Å². The van der Waals surface area contributed by atoms with Gasteiger partial charge in [0.15, 0.2) is 0 Å². The third kappa shape index (κ3) is 6.74. The Morgan fingerprint density at radius 3 is 2.18 bits per heavy atom. The van der Waals surface area contributed by atoms with Gasteiger partial charge in [0.2, 0.25) is 11.8 Å². The maximum Gasteiger partial charge on any atom is 0.264 e. The van der Waals surface area contributed by atoms with Crippen molar-refractivity contribution in [3.05, 3.63) is 94.5 Å². The van der Waals surface area contributed by atoms with Crippen molar-refractivity contribution >= 4 is 39.1 Å². The van der Waals surface area contributed by atoms with E-state index in [1.165, 1.54) is 17.0 Å². The lowest BCUT2D eigenvalue weighted by Gasteiger charge is -2.33. The summed E-state index contributed by atoms with van der Waals surface area (Å²) in [6, 6.07) is 19.7. The molecule has 1 N–H and O–H groups in total. The van der Waals surface area contributed by atoms with Crippen LogP contribution in [0.15, 0.2) is 77.7 Å². The van der Waals surface area contributed by atoms with Crippen molar-refractivity contribution in [3.8, 4) is 0 Å². The summed E-state index contributed by atoms with van der Waals surface area (Å²) in [4.78, 5) is 28.6. The number of nitrogens with zero attached hydrogens (tertiary/aromatic N) is 2. The fraction of sp³-hybridized carbons (Fsp3) is 0.310. The van der Waals surface area contributed by atoms with Gasteiger partial charge in [-0.15, -0.1) is 0 Å². The van der Waals surface area contributed by atoms with Gasteiger partial charge in [-0.3, -0.25) is 13.9 Å². The molecule has 0 bridgehead atoms. The SMILES string of the molecule is CCNC(=O)[C@H](CC)N(Cc1ccccc1C)C(=O)CN(c1ccc(Cl)cc1C)S(=O)(=O)c1ccccc1. The lowest BCUT2D eigenvalue weighted by Crippen LogP contribution is -2.52. The van der Waals surface area contributed by atoms with Gasteiger partial charge in [0.25, 0.3) is 10.0 Å². The Balaban J connectivity index is 2.10. The summed E-state index contributed by atoms with van der Waals surface area (Å²) in [6.07, 6.45) is 0.370. The molecule has 1 atom stereocenters. The molecule has 3 rings (SSSR count). The first-order valence-electron chi connectivity index (χ1n) is 12.6. The Bertz CT molecular complexity index is 1380. The number of likely N-dealkylation sites (N-methyl/N-ethyl adjacent to an activating group) is 1. The number of benzene rings is 3. The molecule has 202 valence electrons. The summed E-state index contributed by atoms with van der Waals surface area (Å²) in [7, 11) is -4.12. The van der Waals surface area contributed by atoms with Crippen LogP contribution >= 0.6 is 11.6 Å². The molecule has 0 unspecified atom stereocenters. The van der Waals surface area contributed by atoms with E-state index in [-0.39, 0.29) is 17.3 Å². The van der Waals surface area contributed by atoms with E-state index in [1.807, 2.05) is 45.0 Å². The van der Waals surface area contributed by atoms with Gasteiger partial charge < -0.3 is 10.2 Å². The highest BCUT2D eigenvalue weighted by atomic mass is 35.5. The average Bonchev–Trinajstić information content (AvgIpc) is 2.89. The molecular formula is C29H34ClN3O4S. The van der Waals surface area contributed by atoms with Gasteiger partial charge in [0.05, 0.1) is 10.6 Å². The second-order valence-corrected chi connectivity index (χ2v) is 11.3. The zero-order valence-electron chi connectivity index (χ0n) is 22.1. The number of hydrogen-bond donors (Lipinski definition) is 1. The van der Waals surface area contributed by atoms with Gasteiger partial charge in [-0.2, -0.15) is 0 Å². The molecule has 9 heteroatoms. The van der Waals surface area contributed by atoms with E-state index in [0.29, 0.717) is 29.2 Å². The maximum atomic E-state index is 14.0. The highest BCUT2D eigenvalue weighted by molar-refractivity contribution is 7.92. The highest BCUT2D eigenvalue weighted by Crippen LogP contribution is 2.29. The van der Waals surface area contributed by atoms with Crippen molar-refractivity contribution in [2.24, 2.45) is 0 Å². The van der Waals surface area contributed by atoms with Crippen molar-refractivity contribution < 1.29 is 18.0 Å². The van der Waals surface area contributed by atoms with Gasteiger partial charge in [0, 0.05) is 18.1 Å². The quantitative estimate of drug-likeness (QED) is 0.357. The first-order chi connectivity index (χ1) is 18.1. The van der Waals surface area contributed by atoms with E-state index in [1.54, 1.807) is 43.3 Å². The Morgan fingerprint density at radius 1 is 0.921 bits per heavy atom. The molecule has 0 aromatic heterocycles. The maximum absolute atomic E-state index is 14.0. The van der Waals surface area contributed by atoms with E-state index in [9.17, 15) is 18.0 Å². The number of aryl methyl sites for hydroxylation is 2. The summed E-state index contributed by atoms with van der Waals surface area (Å²) in [5.74, 6) is -0.766. The normalized spacial score (nSPS) is 12.0. The number of anilines is 1. The second kappa shape index (κ2) is 12.9. The Kier molecular flexibility index (Phi) is 9.94. The third-order valence-corrected chi connectivity index (χ3v) is 8.39. The first kappa shape index (κ1) is 29.2. The van der Waals surface area contributed by atoms with E-state index < -0.39 is 28.5 Å². The number of halogens is 1. The van der Waals surface area contributed by atoms with Crippen LogP contribution in [0, 0.1) is 13.8 Å². The Labute approximate surface area is 230 Å². The molecule has 3 aromatic carbocycles. The molecule has 0 aliphatic rings. The molecule has 3 aromatic rings. The molecule has 0 spiro atoms. The number of rotatable bonds is 11. The number of hydrogen-bond acceptors (Lipinski definition) is 4. The molecule has 0 radical (unpaired) electrons. The van der Waals surface area contributed by atoms with E-state index >= 15 is 0 Å². The molecule has 7 nitrogen and oxygen atoms in total. The van der Waals surface area contributed by atoms with Crippen molar-refractivity contribution in [1.29, 1.82) is 0 Å². The molecule has 0 heterocycles. The highest BCUT2D eigenvalue weighted by Gasteiger charge is 2.34. The first-order valence-corrected chi connectivity index (χ1v) is 14.4.